The number of hydrogen-bond donors (Lipinski definition) is 1. The molecule has 4 heterocycles. The highest BCUT2D eigenvalue weighted by Crippen LogP contribution is 2.32. The van der Waals surface area contributed by atoms with Crippen LogP contribution in [0.5, 0.6) is 5.75 Å². The zero-order chi connectivity index (χ0) is 21.4. The third kappa shape index (κ3) is 3.88. The fourth-order valence-corrected chi connectivity index (χ4v) is 5.16. The highest BCUT2D eigenvalue weighted by Gasteiger charge is 2.36. The Morgan fingerprint density at radius 3 is 2.71 bits per heavy atom. The molecule has 3 aromatic rings. The number of carbonyl (C=O) groups excluding carboxylic acids is 2. The number of nitrogens with zero attached hydrogens (tertiary/aromatic N) is 3. The molecule has 2 aliphatic heterocycles. The molecule has 0 aliphatic carbocycles. The lowest BCUT2D eigenvalue weighted by Gasteiger charge is -2.20. The maximum absolute atomic E-state index is 12.6. The SMILES string of the molecule is N=C1/C(=C\c2cccc(OC(=O)c3cccs3)c2)C(=O)N=C2SC(c3cccs3)=NN12. The first-order valence-electron chi connectivity index (χ1n) is 8.98. The van der Waals surface area contributed by atoms with E-state index in [0.29, 0.717) is 26.4 Å². The molecule has 0 atom stereocenters. The van der Waals surface area contributed by atoms with E-state index in [1.165, 1.54) is 39.4 Å². The van der Waals surface area contributed by atoms with Crippen molar-refractivity contribution in [3.8, 4) is 5.75 Å². The first-order valence-corrected chi connectivity index (χ1v) is 11.6. The van der Waals surface area contributed by atoms with Gasteiger partial charge < -0.3 is 4.74 Å². The van der Waals surface area contributed by atoms with Crippen molar-refractivity contribution in [2.24, 2.45) is 10.1 Å². The van der Waals surface area contributed by atoms with Gasteiger partial charge in [-0.3, -0.25) is 10.2 Å². The molecule has 31 heavy (non-hydrogen) atoms. The monoisotopic (exact) mass is 464 g/mol. The highest BCUT2D eigenvalue weighted by atomic mass is 32.2. The van der Waals surface area contributed by atoms with E-state index >= 15 is 0 Å². The molecule has 10 heteroatoms. The van der Waals surface area contributed by atoms with Gasteiger partial charge in [0.2, 0.25) is 5.17 Å². The molecule has 0 spiro atoms. The number of carbonyl (C=O) groups is 2. The number of fused-ring (bicyclic) bond motifs is 1. The summed E-state index contributed by atoms with van der Waals surface area (Å²) in [5, 5.41) is 19.1. The van der Waals surface area contributed by atoms with Crippen molar-refractivity contribution < 1.29 is 14.3 Å². The van der Waals surface area contributed by atoms with E-state index in [1.54, 1.807) is 47.9 Å². The van der Waals surface area contributed by atoms with Crippen molar-refractivity contribution in [3.63, 3.8) is 0 Å². The summed E-state index contributed by atoms with van der Waals surface area (Å²) in [6.07, 6.45) is 1.55. The Kier molecular flexibility index (Phi) is 5.10. The van der Waals surface area contributed by atoms with Crippen molar-refractivity contribution >= 4 is 68.4 Å². The van der Waals surface area contributed by atoms with E-state index in [1.807, 2.05) is 17.5 Å². The summed E-state index contributed by atoms with van der Waals surface area (Å²) in [5.74, 6) is -0.649. The van der Waals surface area contributed by atoms with Crippen molar-refractivity contribution in [1.82, 2.24) is 5.01 Å². The average Bonchev–Trinajstić information content (AvgIpc) is 3.52. The molecule has 0 radical (unpaired) electrons. The number of thioether (sulfide) groups is 1. The zero-order valence-corrected chi connectivity index (χ0v) is 18.1. The molecular formula is C21H12N4O3S3. The van der Waals surface area contributed by atoms with Crippen LogP contribution in [0.15, 0.2) is 75.0 Å². The van der Waals surface area contributed by atoms with Crippen LogP contribution in [0.4, 0.5) is 0 Å². The van der Waals surface area contributed by atoms with Gasteiger partial charge in [0.25, 0.3) is 5.91 Å². The number of hydrogen-bond acceptors (Lipinski definition) is 8. The van der Waals surface area contributed by atoms with Gasteiger partial charge in [0, 0.05) is 0 Å². The van der Waals surface area contributed by atoms with Crippen molar-refractivity contribution in [2.45, 2.75) is 0 Å². The second-order valence-corrected chi connectivity index (χ2v) is 9.19. The van der Waals surface area contributed by atoms with Gasteiger partial charge in [-0.25, -0.2) is 4.79 Å². The number of hydrazone groups is 1. The molecule has 0 saturated heterocycles. The number of aliphatic imine (C=N–C) groups is 1. The third-order valence-corrected chi connectivity index (χ3v) is 7.09. The Labute approximate surface area is 188 Å². The van der Waals surface area contributed by atoms with Crippen molar-refractivity contribution in [1.29, 1.82) is 5.41 Å². The third-order valence-electron chi connectivity index (χ3n) is 4.29. The fraction of sp³-hybridized carbons (Fsp3) is 0. The van der Waals surface area contributed by atoms with E-state index in [9.17, 15) is 9.59 Å². The van der Waals surface area contributed by atoms with Gasteiger partial charge >= 0.3 is 5.97 Å². The molecule has 1 aromatic carbocycles. The van der Waals surface area contributed by atoms with Crippen LogP contribution in [0.1, 0.15) is 20.1 Å². The van der Waals surface area contributed by atoms with Crippen LogP contribution in [0.25, 0.3) is 6.08 Å². The van der Waals surface area contributed by atoms with Crippen LogP contribution >= 0.6 is 34.4 Å². The Hall–Kier alpha value is -3.34. The molecule has 0 bridgehead atoms. The number of amides is 1. The van der Waals surface area contributed by atoms with Crippen LogP contribution in [0.2, 0.25) is 0 Å². The van der Waals surface area contributed by atoms with Gasteiger partial charge in [-0.15, -0.1) is 22.7 Å². The smallest absolute Gasteiger partial charge is 0.353 e. The maximum atomic E-state index is 12.6. The molecule has 1 amide bonds. The molecule has 5 rings (SSSR count). The Balaban J connectivity index is 1.40. The van der Waals surface area contributed by atoms with Gasteiger partial charge in [0.15, 0.2) is 5.84 Å². The number of rotatable bonds is 4. The molecule has 0 saturated carbocycles. The standard InChI is InChI=1S/C21H12N4O3S3/c22-17-14(18(26)23-21-25(17)24-19(31-21)15-6-2-8-29-15)11-12-4-1-5-13(10-12)28-20(27)16-7-3-9-30-16/h1-11,22H/b14-11+,22-17?. The maximum Gasteiger partial charge on any atom is 0.353 e. The molecule has 0 fully saturated rings. The van der Waals surface area contributed by atoms with Gasteiger partial charge in [-0.05, 0) is 58.4 Å². The predicted octanol–water partition coefficient (Wildman–Crippen LogP) is 4.70. The number of thiophene rings is 2. The minimum atomic E-state index is -0.507. The van der Waals surface area contributed by atoms with Gasteiger partial charge in [-0.1, -0.05) is 24.3 Å². The molecule has 1 N–H and O–H groups in total. The van der Waals surface area contributed by atoms with Crippen LogP contribution < -0.4 is 4.74 Å². The molecule has 2 aliphatic rings. The summed E-state index contributed by atoms with van der Waals surface area (Å²) < 4.78 is 5.41. The topological polar surface area (TPSA) is 95.2 Å². The highest BCUT2D eigenvalue weighted by molar-refractivity contribution is 8.27. The summed E-state index contributed by atoms with van der Waals surface area (Å²) in [7, 11) is 0. The number of amidine groups is 2. The van der Waals surface area contributed by atoms with Crippen LogP contribution in [-0.4, -0.2) is 32.9 Å². The van der Waals surface area contributed by atoms with E-state index in [-0.39, 0.29) is 11.4 Å². The first-order chi connectivity index (χ1) is 15.1. The average molecular weight is 465 g/mol. The van der Waals surface area contributed by atoms with Gasteiger partial charge in [0.1, 0.15) is 15.7 Å². The summed E-state index contributed by atoms with van der Waals surface area (Å²) in [5.41, 5.74) is 0.722. The Morgan fingerprint density at radius 1 is 1.10 bits per heavy atom. The number of benzene rings is 1. The quantitative estimate of drug-likeness (QED) is 0.343. The second kappa shape index (κ2) is 8.06. The zero-order valence-electron chi connectivity index (χ0n) is 15.6. The van der Waals surface area contributed by atoms with Crippen LogP contribution in [0.3, 0.4) is 0 Å². The van der Waals surface area contributed by atoms with E-state index in [2.05, 4.69) is 10.1 Å². The normalized spacial score (nSPS) is 16.9. The summed E-state index contributed by atoms with van der Waals surface area (Å²) >= 11 is 4.10. The Morgan fingerprint density at radius 2 is 1.94 bits per heavy atom. The summed E-state index contributed by atoms with van der Waals surface area (Å²) in [6.45, 7) is 0. The molecule has 2 aromatic heterocycles. The van der Waals surface area contributed by atoms with E-state index < -0.39 is 11.9 Å². The lowest BCUT2D eigenvalue weighted by molar-refractivity contribution is -0.114. The summed E-state index contributed by atoms with van der Waals surface area (Å²) in [4.78, 5) is 30.3. The van der Waals surface area contributed by atoms with Gasteiger partial charge in [-0.2, -0.15) is 15.1 Å². The van der Waals surface area contributed by atoms with Crippen LogP contribution in [-0.2, 0) is 4.79 Å². The summed E-state index contributed by atoms with van der Waals surface area (Å²) in [6, 6.07) is 14.1. The van der Waals surface area contributed by atoms with E-state index in [4.69, 9.17) is 10.1 Å². The Bertz CT molecular complexity index is 1290. The minimum absolute atomic E-state index is 0.0463. The largest absolute Gasteiger partial charge is 0.422 e. The van der Waals surface area contributed by atoms with E-state index in [0.717, 1.165) is 4.88 Å². The lowest BCUT2D eigenvalue weighted by atomic mass is 10.1. The molecular weight excluding hydrogens is 452 g/mol. The van der Waals surface area contributed by atoms with Crippen molar-refractivity contribution in [3.05, 3.63) is 80.2 Å². The lowest BCUT2D eigenvalue weighted by Crippen LogP contribution is -2.35. The number of nitrogens with one attached hydrogen (secondary N) is 1. The van der Waals surface area contributed by atoms with Crippen molar-refractivity contribution in [2.75, 3.05) is 0 Å². The molecule has 0 unspecified atom stereocenters. The molecule has 152 valence electrons. The minimum Gasteiger partial charge on any atom is -0.422 e. The predicted molar refractivity (Wildman–Crippen MR) is 124 cm³/mol. The number of ether oxygens (including phenoxy) is 1. The first kappa shape index (κ1) is 19.6. The second-order valence-electron chi connectivity index (χ2n) is 6.34. The van der Waals surface area contributed by atoms with Gasteiger partial charge in [0.05, 0.1) is 10.5 Å². The fourth-order valence-electron chi connectivity index (χ4n) is 2.88. The van der Waals surface area contributed by atoms with Crippen LogP contribution in [0, 0.1) is 5.41 Å². The molecule has 7 nitrogen and oxygen atoms in total. The number of esters is 1.